The Balaban J connectivity index is 1.22. The fourth-order valence-corrected chi connectivity index (χ4v) is 9.78. The quantitative estimate of drug-likeness (QED) is 0.215. The summed E-state index contributed by atoms with van der Waals surface area (Å²) in [5, 5.41) is 66.8. The molecule has 5 fully saturated rings. The second-order valence-electron chi connectivity index (χ2n) is 13.8. The van der Waals surface area contributed by atoms with E-state index in [1.54, 1.807) is 6.92 Å². The molecule has 0 aromatic rings. The van der Waals surface area contributed by atoms with Crippen LogP contribution in [0.25, 0.3) is 0 Å². The molecule has 1 saturated heterocycles. The van der Waals surface area contributed by atoms with E-state index in [0.717, 1.165) is 5.57 Å². The molecule has 0 radical (unpaired) electrons. The zero-order chi connectivity index (χ0) is 28.1. The summed E-state index contributed by atoms with van der Waals surface area (Å²) in [4.78, 5) is 11.8. The Morgan fingerprint density at radius 2 is 1.69 bits per heavy atom. The molecule has 4 aliphatic carbocycles. The Hall–Kier alpha value is -1.11. The Labute approximate surface area is 229 Å². The van der Waals surface area contributed by atoms with Gasteiger partial charge in [0.2, 0.25) is 0 Å². The Bertz CT molecular complexity index is 1030. The van der Waals surface area contributed by atoms with Gasteiger partial charge in [-0.05, 0) is 80.6 Å². The van der Waals surface area contributed by atoms with Crippen LogP contribution in [0.5, 0.6) is 0 Å². The molecule has 0 amide bonds. The number of hydrogen-bond acceptors (Lipinski definition) is 10. The van der Waals surface area contributed by atoms with Gasteiger partial charge in [-0.15, -0.1) is 0 Å². The molecule has 4 saturated carbocycles. The molecule has 6 aliphatic rings. The third kappa shape index (κ3) is 3.79. The third-order valence-corrected chi connectivity index (χ3v) is 12.3. The van der Waals surface area contributed by atoms with Crippen molar-refractivity contribution in [2.45, 2.75) is 126 Å². The second-order valence-corrected chi connectivity index (χ2v) is 13.8. The minimum Gasteiger partial charge on any atom is -0.458 e. The largest absolute Gasteiger partial charge is 0.458 e. The highest BCUT2D eigenvalue weighted by molar-refractivity contribution is 5.85. The van der Waals surface area contributed by atoms with Crippen LogP contribution in [-0.2, 0) is 19.0 Å². The van der Waals surface area contributed by atoms with Crippen LogP contribution >= 0.6 is 0 Å². The predicted octanol–water partition coefficient (Wildman–Crippen LogP) is 0.542. The first-order valence-corrected chi connectivity index (χ1v) is 14.6. The van der Waals surface area contributed by atoms with Crippen molar-refractivity contribution in [3.05, 3.63) is 11.6 Å². The summed E-state index contributed by atoms with van der Waals surface area (Å²) in [6.07, 6.45) is -1.27. The minimum absolute atomic E-state index is 0.0988. The van der Waals surface area contributed by atoms with Gasteiger partial charge in [-0.25, -0.2) is 4.79 Å². The molecule has 0 aromatic heterocycles. The van der Waals surface area contributed by atoms with Crippen molar-refractivity contribution < 1.29 is 49.6 Å². The highest BCUT2D eigenvalue weighted by Crippen LogP contribution is 2.70. The molecule has 220 valence electrons. The maximum absolute atomic E-state index is 12.4. The van der Waals surface area contributed by atoms with Gasteiger partial charge in [0.25, 0.3) is 0 Å². The molecule has 0 aromatic carbocycles. The van der Waals surface area contributed by atoms with Gasteiger partial charge in [-0.2, -0.15) is 0 Å². The van der Waals surface area contributed by atoms with Crippen LogP contribution in [-0.4, -0.2) is 97.3 Å². The van der Waals surface area contributed by atoms with E-state index < -0.39 is 64.9 Å². The lowest BCUT2D eigenvalue weighted by molar-refractivity contribution is -0.321. The monoisotopic (exact) mass is 552 g/mol. The van der Waals surface area contributed by atoms with Crippen LogP contribution in [0.1, 0.15) is 72.1 Å². The van der Waals surface area contributed by atoms with Crippen LogP contribution in [0.2, 0.25) is 0 Å². The lowest BCUT2D eigenvalue weighted by Gasteiger charge is -2.67. The number of ether oxygens (including phenoxy) is 3. The summed E-state index contributed by atoms with van der Waals surface area (Å²) in [5.41, 5.74) is -2.75. The predicted molar refractivity (Wildman–Crippen MR) is 136 cm³/mol. The van der Waals surface area contributed by atoms with Gasteiger partial charge >= 0.3 is 5.97 Å². The number of aliphatic hydroxyl groups is 6. The number of esters is 1. The maximum Gasteiger partial charge on any atom is 0.331 e. The summed E-state index contributed by atoms with van der Waals surface area (Å²) in [6, 6.07) is 0. The molecule has 0 bridgehead atoms. The van der Waals surface area contributed by atoms with Crippen LogP contribution in [0, 0.1) is 28.6 Å². The van der Waals surface area contributed by atoms with Gasteiger partial charge in [0, 0.05) is 17.9 Å². The van der Waals surface area contributed by atoms with Gasteiger partial charge in [-0.1, -0.05) is 13.8 Å². The van der Waals surface area contributed by atoms with Gasteiger partial charge in [0.05, 0.1) is 29.5 Å². The molecule has 10 nitrogen and oxygen atoms in total. The fraction of sp³-hybridized carbons (Fsp3) is 0.897. The number of carbonyl (C=O) groups is 1. The highest BCUT2D eigenvalue weighted by Gasteiger charge is 2.72. The zero-order valence-corrected chi connectivity index (χ0v) is 23.0. The van der Waals surface area contributed by atoms with Crippen LogP contribution < -0.4 is 0 Å². The average Bonchev–Trinajstić information content (AvgIpc) is 3.43. The first-order chi connectivity index (χ1) is 18.2. The fourth-order valence-electron chi connectivity index (χ4n) is 9.78. The molecule has 14 atom stereocenters. The zero-order valence-electron chi connectivity index (χ0n) is 23.0. The smallest absolute Gasteiger partial charge is 0.331 e. The third-order valence-electron chi connectivity index (χ3n) is 12.3. The Kier molecular flexibility index (Phi) is 6.61. The van der Waals surface area contributed by atoms with Crippen molar-refractivity contribution in [2.75, 3.05) is 6.61 Å². The highest BCUT2D eigenvalue weighted by atomic mass is 16.7. The van der Waals surface area contributed by atoms with E-state index in [9.17, 15) is 35.4 Å². The summed E-state index contributed by atoms with van der Waals surface area (Å²) >= 11 is 0. The van der Waals surface area contributed by atoms with Crippen molar-refractivity contribution in [3.63, 3.8) is 0 Å². The molecule has 39 heavy (non-hydrogen) atoms. The van der Waals surface area contributed by atoms with Crippen LogP contribution in [0.15, 0.2) is 11.6 Å². The Morgan fingerprint density at radius 3 is 2.38 bits per heavy atom. The molecule has 0 unspecified atom stereocenters. The van der Waals surface area contributed by atoms with Crippen molar-refractivity contribution in [1.29, 1.82) is 0 Å². The van der Waals surface area contributed by atoms with E-state index in [0.29, 0.717) is 51.4 Å². The molecule has 2 aliphatic heterocycles. The standard InChI is InChI=1S/C29H44O10/c1-14-22(32)23(33)24(34)25(38-14)39-16-4-7-26(2)19-11-20(30)27(3)17(15-10-21(31)37-13-15)6-9-29(27,36)18(19)5-8-28(26,35)12-16/h10,14,16-20,22-25,30,32-36H,4-9,11-13H2,1-3H3/t14-,16-,17+,18+,19-,20+,22-,23+,24+,25-,26+,27-,28-,29-/m0/s1. The molecule has 6 rings (SSSR count). The van der Waals surface area contributed by atoms with E-state index in [4.69, 9.17) is 14.2 Å². The van der Waals surface area contributed by atoms with Gasteiger partial charge < -0.3 is 44.8 Å². The van der Waals surface area contributed by atoms with Crippen molar-refractivity contribution in [1.82, 2.24) is 0 Å². The minimum atomic E-state index is -1.40. The normalized spacial score (nSPS) is 57.3. The van der Waals surface area contributed by atoms with E-state index in [2.05, 4.69) is 6.92 Å². The number of aliphatic hydroxyl groups excluding tert-OH is 4. The van der Waals surface area contributed by atoms with E-state index in [-0.39, 0.29) is 30.3 Å². The maximum atomic E-state index is 12.4. The summed E-state index contributed by atoms with van der Waals surface area (Å²) < 4.78 is 16.9. The molecule has 2 heterocycles. The molecular weight excluding hydrogens is 508 g/mol. The SMILES string of the molecule is C[C@@H]1O[C@@H](O[C@H]2CC[C@]3(C)[C@H]4C[C@@H](O)[C@]5(C)[C@@H](C6=CC(=O)OC6)CC[C@]5(O)[C@@H]4CC[C@]3(O)C2)[C@H](O)[C@H](O)[C@H]1O. The van der Waals surface area contributed by atoms with Crippen LogP contribution in [0.4, 0.5) is 0 Å². The summed E-state index contributed by atoms with van der Waals surface area (Å²) in [6.45, 7) is 5.86. The average molecular weight is 553 g/mol. The molecule has 10 heteroatoms. The molecule has 0 spiro atoms. The number of hydrogen-bond donors (Lipinski definition) is 6. The molecular formula is C29H44O10. The van der Waals surface area contributed by atoms with Crippen LogP contribution in [0.3, 0.4) is 0 Å². The number of carbonyl (C=O) groups excluding carboxylic acids is 1. The van der Waals surface area contributed by atoms with E-state index >= 15 is 0 Å². The van der Waals surface area contributed by atoms with Crippen molar-refractivity contribution >= 4 is 5.97 Å². The first-order valence-electron chi connectivity index (χ1n) is 14.6. The number of fused-ring (bicyclic) bond motifs is 5. The van der Waals surface area contributed by atoms with Crippen molar-refractivity contribution in [2.24, 2.45) is 28.6 Å². The second kappa shape index (κ2) is 9.19. The van der Waals surface area contributed by atoms with Crippen molar-refractivity contribution in [3.8, 4) is 0 Å². The van der Waals surface area contributed by atoms with Gasteiger partial charge in [0.15, 0.2) is 6.29 Å². The Morgan fingerprint density at radius 1 is 0.949 bits per heavy atom. The number of cyclic esters (lactones) is 1. The topological polar surface area (TPSA) is 166 Å². The summed E-state index contributed by atoms with van der Waals surface area (Å²) in [5.74, 6) is -0.709. The molecule has 6 N–H and O–H groups in total. The lowest BCUT2D eigenvalue weighted by Crippen LogP contribution is -2.70. The van der Waals surface area contributed by atoms with E-state index in [1.807, 2.05) is 6.92 Å². The first kappa shape index (κ1) is 28.0. The van der Waals surface area contributed by atoms with E-state index in [1.165, 1.54) is 6.08 Å². The van der Waals surface area contributed by atoms with Gasteiger partial charge in [0.1, 0.15) is 24.9 Å². The lowest BCUT2D eigenvalue weighted by atomic mass is 9.41. The number of rotatable bonds is 3. The van der Waals surface area contributed by atoms with Gasteiger partial charge in [-0.3, -0.25) is 0 Å². The summed E-state index contributed by atoms with van der Waals surface area (Å²) in [7, 11) is 0.